The van der Waals surface area contributed by atoms with Gasteiger partial charge in [0.05, 0.1) is 24.7 Å². The van der Waals surface area contributed by atoms with E-state index in [1.54, 1.807) is 31.5 Å². The van der Waals surface area contributed by atoms with Gasteiger partial charge < -0.3 is 9.47 Å². The number of hydrazone groups is 1. The second kappa shape index (κ2) is 10.0. The number of H-pyrrole nitrogens is 1. The fraction of sp³-hybridized carbons (Fsp3) is 0.0833. The van der Waals surface area contributed by atoms with Gasteiger partial charge in [0, 0.05) is 11.8 Å². The summed E-state index contributed by atoms with van der Waals surface area (Å²) in [6.45, 7) is 0.433. The summed E-state index contributed by atoms with van der Waals surface area (Å²) in [5.41, 5.74) is 5.80. The zero-order valence-electron chi connectivity index (χ0n) is 17.4. The predicted octanol–water partition coefficient (Wildman–Crippen LogP) is 3.82. The van der Waals surface area contributed by atoms with E-state index in [9.17, 15) is 4.79 Å². The van der Waals surface area contributed by atoms with Crippen LogP contribution in [0.4, 0.5) is 0 Å². The molecule has 0 unspecified atom stereocenters. The standard InChI is InChI=1S/C24H21N5O3/c1-31-23-13-18(10-11-22(23)32-16-17-7-3-2-4-8-17)20-14-21(28-27-20)24(30)29-26-15-19-9-5-6-12-25-19/h2-15H,16H2,1H3,(H,27,28)(H,29,30)/b26-15+. The molecule has 0 radical (unpaired) electrons. The molecular formula is C24H21N5O3. The van der Waals surface area contributed by atoms with Crippen LogP contribution in [0, 0.1) is 0 Å². The van der Waals surface area contributed by atoms with Crippen LogP contribution in [0.1, 0.15) is 21.7 Å². The number of nitrogens with one attached hydrogen (secondary N) is 2. The Morgan fingerprint density at radius 1 is 1.06 bits per heavy atom. The van der Waals surface area contributed by atoms with Crippen LogP contribution in [0.2, 0.25) is 0 Å². The number of hydrogen-bond acceptors (Lipinski definition) is 6. The van der Waals surface area contributed by atoms with E-state index in [1.807, 2.05) is 54.6 Å². The Kier molecular flexibility index (Phi) is 6.52. The summed E-state index contributed by atoms with van der Waals surface area (Å²) in [7, 11) is 1.58. The SMILES string of the molecule is COc1cc(-c2cc(C(=O)N/N=C/c3ccccn3)[nH]n2)ccc1OCc1ccccc1. The number of benzene rings is 2. The predicted molar refractivity (Wildman–Crippen MR) is 121 cm³/mol. The third-order valence-corrected chi connectivity index (χ3v) is 4.57. The molecule has 2 aromatic carbocycles. The van der Waals surface area contributed by atoms with E-state index < -0.39 is 5.91 Å². The number of rotatable bonds is 8. The van der Waals surface area contributed by atoms with E-state index in [-0.39, 0.29) is 5.69 Å². The highest BCUT2D eigenvalue weighted by molar-refractivity contribution is 5.94. The summed E-state index contributed by atoms with van der Waals surface area (Å²) < 4.78 is 11.4. The monoisotopic (exact) mass is 427 g/mol. The molecule has 2 heterocycles. The van der Waals surface area contributed by atoms with Crippen LogP contribution in [0.15, 0.2) is 84.1 Å². The van der Waals surface area contributed by atoms with E-state index >= 15 is 0 Å². The first-order chi connectivity index (χ1) is 15.7. The summed E-state index contributed by atoms with van der Waals surface area (Å²) in [5, 5.41) is 10.9. The van der Waals surface area contributed by atoms with Gasteiger partial charge in [-0.1, -0.05) is 36.4 Å². The summed E-state index contributed by atoms with van der Waals surface area (Å²) in [4.78, 5) is 16.4. The molecule has 8 nitrogen and oxygen atoms in total. The molecule has 0 saturated carbocycles. The van der Waals surface area contributed by atoms with Gasteiger partial charge in [0.2, 0.25) is 0 Å². The third-order valence-electron chi connectivity index (χ3n) is 4.57. The Labute approximate surface area is 184 Å². The highest BCUT2D eigenvalue weighted by Crippen LogP contribution is 2.32. The molecular weight excluding hydrogens is 406 g/mol. The minimum atomic E-state index is -0.411. The highest BCUT2D eigenvalue weighted by Gasteiger charge is 2.13. The van der Waals surface area contributed by atoms with Gasteiger partial charge in [-0.2, -0.15) is 10.2 Å². The van der Waals surface area contributed by atoms with Gasteiger partial charge >= 0.3 is 0 Å². The van der Waals surface area contributed by atoms with Crippen LogP contribution < -0.4 is 14.9 Å². The van der Waals surface area contributed by atoms with Crippen molar-refractivity contribution >= 4 is 12.1 Å². The molecule has 4 aromatic rings. The minimum absolute atomic E-state index is 0.279. The average Bonchev–Trinajstić information content (AvgIpc) is 3.34. The van der Waals surface area contributed by atoms with Crippen molar-refractivity contribution < 1.29 is 14.3 Å². The van der Waals surface area contributed by atoms with E-state index in [1.165, 1.54) is 6.21 Å². The minimum Gasteiger partial charge on any atom is -0.493 e. The second-order valence-electron chi connectivity index (χ2n) is 6.76. The van der Waals surface area contributed by atoms with Gasteiger partial charge in [-0.3, -0.25) is 14.9 Å². The number of nitrogens with zero attached hydrogens (tertiary/aromatic N) is 3. The zero-order valence-corrected chi connectivity index (χ0v) is 17.4. The number of carbonyl (C=O) groups is 1. The fourth-order valence-corrected chi connectivity index (χ4v) is 2.94. The Bertz CT molecular complexity index is 1210. The lowest BCUT2D eigenvalue weighted by atomic mass is 10.1. The number of hydrogen-bond donors (Lipinski definition) is 2. The van der Waals surface area contributed by atoms with E-state index in [0.717, 1.165) is 11.1 Å². The molecule has 1 amide bonds. The van der Waals surface area contributed by atoms with Crippen LogP contribution in [0.5, 0.6) is 11.5 Å². The molecule has 160 valence electrons. The Hall–Kier alpha value is -4.46. The molecule has 0 fully saturated rings. The van der Waals surface area contributed by atoms with Gasteiger partial charge in [-0.15, -0.1) is 0 Å². The smallest absolute Gasteiger partial charge is 0.289 e. The maximum Gasteiger partial charge on any atom is 0.289 e. The van der Waals surface area contributed by atoms with Gasteiger partial charge in [0.25, 0.3) is 5.91 Å². The molecule has 0 bridgehead atoms. The van der Waals surface area contributed by atoms with Gasteiger partial charge in [-0.25, -0.2) is 5.43 Å². The van der Waals surface area contributed by atoms with E-state index in [0.29, 0.717) is 29.5 Å². The van der Waals surface area contributed by atoms with Crippen molar-refractivity contribution in [1.82, 2.24) is 20.6 Å². The van der Waals surface area contributed by atoms with Crippen molar-refractivity contribution in [1.29, 1.82) is 0 Å². The van der Waals surface area contributed by atoms with Crippen molar-refractivity contribution in [3.63, 3.8) is 0 Å². The first-order valence-electron chi connectivity index (χ1n) is 9.88. The molecule has 2 N–H and O–H groups in total. The quantitative estimate of drug-likeness (QED) is 0.329. The van der Waals surface area contributed by atoms with Crippen molar-refractivity contribution in [3.05, 3.63) is 95.9 Å². The van der Waals surface area contributed by atoms with Gasteiger partial charge in [-0.05, 0) is 42.0 Å². The third kappa shape index (κ3) is 5.17. The van der Waals surface area contributed by atoms with Gasteiger partial charge in [0.1, 0.15) is 12.3 Å². The lowest BCUT2D eigenvalue weighted by Gasteiger charge is -2.11. The molecule has 0 aliphatic rings. The molecule has 8 heteroatoms. The highest BCUT2D eigenvalue weighted by atomic mass is 16.5. The Balaban J connectivity index is 1.42. The molecule has 0 aliphatic carbocycles. The summed E-state index contributed by atoms with van der Waals surface area (Å²) in [6.07, 6.45) is 3.12. The number of carbonyl (C=O) groups excluding carboxylic acids is 1. The molecule has 2 aromatic heterocycles. The zero-order chi connectivity index (χ0) is 22.2. The fourth-order valence-electron chi connectivity index (χ4n) is 2.94. The molecule has 0 atom stereocenters. The van der Waals surface area contributed by atoms with Crippen molar-refractivity contribution in [2.75, 3.05) is 7.11 Å². The van der Waals surface area contributed by atoms with Crippen LogP contribution >= 0.6 is 0 Å². The first kappa shape index (κ1) is 20.8. The van der Waals surface area contributed by atoms with Crippen molar-refractivity contribution in [2.45, 2.75) is 6.61 Å². The van der Waals surface area contributed by atoms with Crippen molar-refractivity contribution in [2.24, 2.45) is 5.10 Å². The average molecular weight is 427 g/mol. The largest absolute Gasteiger partial charge is 0.493 e. The second-order valence-corrected chi connectivity index (χ2v) is 6.76. The number of ether oxygens (including phenoxy) is 2. The molecule has 4 rings (SSSR count). The van der Waals surface area contributed by atoms with E-state index in [4.69, 9.17) is 9.47 Å². The summed E-state index contributed by atoms with van der Waals surface area (Å²) in [6, 6.07) is 22.5. The summed E-state index contributed by atoms with van der Waals surface area (Å²) >= 11 is 0. The van der Waals surface area contributed by atoms with E-state index in [2.05, 4.69) is 25.7 Å². The Morgan fingerprint density at radius 3 is 2.69 bits per heavy atom. The van der Waals surface area contributed by atoms with Crippen LogP contribution in [0.25, 0.3) is 11.3 Å². The number of pyridine rings is 1. The lowest BCUT2D eigenvalue weighted by Crippen LogP contribution is -2.18. The van der Waals surface area contributed by atoms with Crippen LogP contribution in [0.3, 0.4) is 0 Å². The lowest BCUT2D eigenvalue weighted by molar-refractivity contribution is 0.0950. The number of methoxy groups -OCH3 is 1. The Morgan fingerprint density at radius 2 is 1.91 bits per heavy atom. The maximum absolute atomic E-state index is 12.3. The first-order valence-corrected chi connectivity index (χ1v) is 9.88. The topological polar surface area (TPSA) is 101 Å². The van der Waals surface area contributed by atoms with Crippen LogP contribution in [-0.2, 0) is 6.61 Å². The summed E-state index contributed by atoms with van der Waals surface area (Å²) in [5.74, 6) is 0.788. The van der Waals surface area contributed by atoms with Crippen LogP contribution in [-0.4, -0.2) is 34.4 Å². The number of aromatic nitrogens is 3. The van der Waals surface area contributed by atoms with Crippen molar-refractivity contribution in [3.8, 4) is 22.8 Å². The normalized spacial score (nSPS) is 10.8. The van der Waals surface area contributed by atoms with Gasteiger partial charge in [0.15, 0.2) is 11.5 Å². The molecule has 0 aliphatic heterocycles. The molecule has 0 saturated heterocycles. The molecule has 32 heavy (non-hydrogen) atoms. The number of amides is 1. The molecule has 0 spiro atoms. The maximum atomic E-state index is 12.3. The number of aromatic amines is 1.